The molecule has 2 nitrogen and oxygen atoms in total. The third kappa shape index (κ3) is 1.69. The van der Waals surface area contributed by atoms with Gasteiger partial charge in [-0.2, -0.15) is 0 Å². The van der Waals surface area contributed by atoms with Crippen LogP contribution in [0.25, 0.3) is 4.85 Å². The van der Waals surface area contributed by atoms with E-state index in [1.54, 1.807) is 0 Å². The average Bonchev–Trinajstić information content (AvgIpc) is 1.78. The van der Waals surface area contributed by atoms with Crippen molar-refractivity contribution in [3.05, 3.63) is 11.4 Å². The zero-order valence-corrected chi connectivity index (χ0v) is 5.80. The van der Waals surface area contributed by atoms with Crippen molar-refractivity contribution in [1.82, 2.24) is 4.90 Å². The van der Waals surface area contributed by atoms with Crippen molar-refractivity contribution in [2.45, 2.75) is 6.42 Å². The van der Waals surface area contributed by atoms with E-state index in [0.717, 1.165) is 18.9 Å². The van der Waals surface area contributed by atoms with Crippen LogP contribution in [0.4, 0.5) is 0 Å². The van der Waals surface area contributed by atoms with Gasteiger partial charge < -0.3 is 9.74 Å². The highest BCUT2D eigenvalue weighted by Gasteiger charge is 2.22. The van der Waals surface area contributed by atoms with Gasteiger partial charge in [0.2, 0.25) is 6.54 Å². The van der Waals surface area contributed by atoms with Crippen molar-refractivity contribution in [2.75, 3.05) is 26.7 Å². The molecular weight excluding hydrogens is 112 g/mol. The molecule has 0 spiro atoms. The van der Waals surface area contributed by atoms with Crippen molar-refractivity contribution in [3.63, 3.8) is 0 Å². The monoisotopic (exact) mass is 124 g/mol. The minimum Gasteiger partial charge on any atom is -0.317 e. The molecule has 1 saturated heterocycles. The number of likely N-dealkylation sites (tertiary alicyclic amines) is 1. The Morgan fingerprint density at radius 2 is 2.33 bits per heavy atom. The summed E-state index contributed by atoms with van der Waals surface area (Å²) < 4.78 is 0. The number of rotatable bonds is 2. The van der Waals surface area contributed by atoms with Crippen LogP contribution in [0.3, 0.4) is 0 Å². The first-order valence-corrected chi connectivity index (χ1v) is 3.34. The van der Waals surface area contributed by atoms with Crippen LogP contribution >= 0.6 is 0 Å². The Kier molecular flexibility index (Phi) is 2.07. The molecule has 0 aromatic rings. The van der Waals surface area contributed by atoms with E-state index < -0.39 is 0 Å². The smallest absolute Gasteiger partial charge is 0.215 e. The lowest BCUT2D eigenvalue weighted by molar-refractivity contribution is 0.130. The average molecular weight is 124 g/mol. The highest BCUT2D eigenvalue weighted by molar-refractivity contribution is 4.78. The second kappa shape index (κ2) is 2.84. The highest BCUT2D eigenvalue weighted by atomic mass is 15.2. The van der Waals surface area contributed by atoms with E-state index in [0.29, 0.717) is 0 Å². The molecule has 1 fully saturated rings. The van der Waals surface area contributed by atoms with Crippen LogP contribution in [-0.2, 0) is 0 Å². The Balaban J connectivity index is 1.99. The minimum atomic E-state index is 0.721. The Hall–Kier alpha value is -0.550. The van der Waals surface area contributed by atoms with E-state index in [9.17, 15) is 0 Å². The first kappa shape index (κ1) is 6.57. The molecule has 50 valence electrons. The molecule has 0 radical (unpaired) electrons. The highest BCUT2D eigenvalue weighted by Crippen LogP contribution is 2.15. The molecule has 2 heteroatoms. The van der Waals surface area contributed by atoms with Crippen molar-refractivity contribution in [1.29, 1.82) is 0 Å². The quantitative estimate of drug-likeness (QED) is 0.495. The summed E-state index contributed by atoms with van der Waals surface area (Å²) in [6.45, 7) is 9.69. The van der Waals surface area contributed by atoms with Crippen molar-refractivity contribution in [3.8, 4) is 0 Å². The van der Waals surface area contributed by atoms with Crippen LogP contribution in [0, 0.1) is 12.5 Å². The summed E-state index contributed by atoms with van der Waals surface area (Å²) >= 11 is 0. The van der Waals surface area contributed by atoms with Crippen LogP contribution in [0.1, 0.15) is 6.42 Å². The predicted molar refractivity (Wildman–Crippen MR) is 37.1 cm³/mol. The number of nitrogens with zero attached hydrogens (tertiary/aromatic N) is 2. The Morgan fingerprint density at radius 3 is 2.78 bits per heavy atom. The van der Waals surface area contributed by atoms with Gasteiger partial charge in [-0.05, 0) is 13.0 Å². The van der Waals surface area contributed by atoms with Crippen molar-refractivity contribution >= 4 is 0 Å². The van der Waals surface area contributed by atoms with Gasteiger partial charge in [0, 0.05) is 19.5 Å². The summed E-state index contributed by atoms with van der Waals surface area (Å²) in [5.74, 6) is 0.823. The molecule has 0 aromatic heterocycles. The third-order valence-electron chi connectivity index (χ3n) is 1.79. The molecule has 0 atom stereocenters. The second-order valence-electron chi connectivity index (χ2n) is 2.76. The van der Waals surface area contributed by atoms with Crippen LogP contribution in [0.15, 0.2) is 0 Å². The van der Waals surface area contributed by atoms with Gasteiger partial charge in [-0.3, -0.25) is 0 Å². The fourth-order valence-electron chi connectivity index (χ4n) is 1.26. The zero-order valence-electron chi connectivity index (χ0n) is 5.80. The van der Waals surface area contributed by atoms with E-state index in [1.807, 2.05) is 0 Å². The molecule has 0 saturated carbocycles. The molecule has 0 unspecified atom stereocenters. The van der Waals surface area contributed by atoms with Gasteiger partial charge in [-0.15, -0.1) is 0 Å². The van der Waals surface area contributed by atoms with E-state index in [4.69, 9.17) is 6.57 Å². The van der Waals surface area contributed by atoms with Crippen molar-refractivity contribution < 1.29 is 0 Å². The molecule has 9 heavy (non-hydrogen) atoms. The fraction of sp³-hybridized carbons (Fsp3) is 0.857. The van der Waals surface area contributed by atoms with E-state index in [-0.39, 0.29) is 0 Å². The van der Waals surface area contributed by atoms with Gasteiger partial charge in [0.25, 0.3) is 0 Å². The Labute approximate surface area is 56.3 Å². The van der Waals surface area contributed by atoms with Gasteiger partial charge in [0.05, 0.1) is 0 Å². The molecular formula is C7H12N2. The molecule has 1 aliphatic rings. The molecule has 1 rings (SSSR count). The van der Waals surface area contributed by atoms with Crippen LogP contribution in [0.2, 0.25) is 0 Å². The summed E-state index contributed by atoms with van der Waals surface area (Å²) in [6.07, 6.45) is 1.10. The summed E-state index contributed by atoms with van der Waals surface area (Å²) in [6, 6.07) is 0. The zero-order chi connectivity index (χ0) is 6.69. The van der Waals surface area contributed by atoms with Crippen LogP contribution in [-0.4, -0.2) is 31.6 Å². The number of hydrogen-bond donors (Lipinski definition) is 0. The SMILES string of the molecule is [C-]#[N+]CCC1CN(C)C1. The summed E-state index contributed by atoms with van der Waals surface area (Å²) in [4.78, 5) is 5.60. The summed E-state index contributed by atoms with van der Waals surface area (Å²) in [5.41, 5.74) is 0. The maximum Gasteiger partial charge on any atom is 0.215 e. The van der Waals surface area contributed by atoms with Crippen LogP contribution < -0.4 is 0 Å². The molecule has 1 heterocycles. The fourth-order valence-corrected chi connectivity index (χ4v) is 1.26. The third-order valence-corrected chi connectivity index (χ3v) is 1.79. The molecule has 0 bridgehead atoms. The van der Waals surface area contributed by atoms with Crippen LogP contribution in [0.5, 0.6) is 0 Å². The lowest BCUT2D eigenvalue weighted by Crippen LogP contribution is -2.43. The Morgan fingerprint density at radius 1 is 1.67 bits per heavy atom. The van der Waals surface area contributed by atoms with Gasteiger partial charge in [0.15, 0.2) is 0 Å². The topological polar surface area (TPSA) is 7.60 Å². The largest absolute Gasteiger partial charge is 0.317 e. The lowest BCUT2D eigenvalue weighted by Gasteiger charge is -2.35. The molecule has 0 aromatic carbocycles. The maximum atomic E-state index is 6.56. The molecule has 0 N–H and O–H groups in total. The number of hydrogen-bond acceptors (Lipinski definition) is 1. The standard InChI is InChI=1S/C7H12N2/c1-8-4-3-7-5-9(2)6-7/h7H,3-6H2,2H3. The van der Waals surface area contributed by atoms with E-state index in [1.165, 1.54) is 13.1 Å². The van der Waals surface area contributed by atoms with Gasteiger partial charge in [-0.25, -0.2) is 6.57 Å². The lowest BCUT2D eigenvalue weighted by atomic mass is 9.98. The van der Waals surface area contributed by atoms with E-state index >= 15 is 0 Å². The normalized spacial score (nSPS) is 20.9. The molecule has 1 aliphatic heterocycles. The molecule has 0 aliphatic carbocycles. The van der Waals surface area contributed by atoms with E-state index in [2.05, 4.69) is 16.8 Å². The summed E-state index contributed by atoms with van der Waals surface area (Å²) in [7, 11) is 2.12. The van der Waals surface area contributed by atoms with Gasteiger partial charge in [-0.1, -0.05) is 0 Å². The molecule has 0 amide bonds. The predicted octanol–water partition coefficient (Wildman–Crippen LogP) is 0.857. The first-order valence-electron chi connectivity index (χ1n) is 3.34. The van der Waals surface area contributed by atoms with Gasteiger partial charge in [0.1, 0.15) is 0 Å². The second-order valence-corrected chi connectivity index (χ2v) is 2.76. The Bertz CT molecular complexity index is 119. The maximum absolute atomic E-state index is 6.56. The van der Waals surface area contributed by atoms with Crippen molar-refractivity contribution in [2.24, 2.45) is 5.92 Å². The first-order chi connectivity index (χ1) is 4.33. The minimum absolute atomic E-state index is 0.721. The van der Waals surface area contributed by atoms with Gasteiger partial charge >= 0.3 is 0 Å². The summed E-state index contributed by atoms with van der Waals surface area (Å²) in [5, 5.41) is 0.